The van der Waals surface area contributed by atoms with Crippen molar-refractivity contribution >= 4 is 38.5 Å². The van der Waals surface area contributed by atoms with Crippen LogP contribution < -0.4 is 10.1 Å². The molecule has 3 aromatic carbocycles. The molecule has 1 N–H and O–H groups in total. The molecule has 0 aromatic heterocycles. The quantitative estimate of drug-likeness (QED) is 0.464. The summed E-state index contributed by atoms with van der Waals surface area (Å²) in [5.74, 6) is 0.151. The topological polar surface area (TPSA) is 58.6 Å². The van der Waals surface area contributed by atoms with Crippen molar-refractivity contribution in [2.75, 3.05) is 6.61 Å². The lowest BCUT2D eigenvalue weighted by Crippen LogP contribution is -2.50. The van der Waals surface area contributed by atoms with E-state index < -0.39 is 6.04 Å². The normalized spacial score (nSPS) is 11.9. The Morgan fingerprint density at radius 3 is 2.50 bits per heavy atom. The van der Waals surface area contributed by atoms with Gasteiger partial charge >= 0.3 is 0 Å². The molecule has 0 fully saturated rings. The molecule has 32 heavy (non-hydrogen) atoms. The summed E-state index contributed by atoms with van der Waals surface area (Å²) in [6, 6.07) is 19.1. The number of benzene rings is 3. The molecule has 168 valence electrons. The maximum Gasteiger partial charge on any atom is 0.261 e. The van der Waals surface area contributed by atoms with Crippen molar-refractivity contribution in [3.63, 3.8) is 0 Å². The first kappa shape index (κ1) is 23.8. The summed E-state index contributed by atoms with van der Waals surface area (Å²) < 4.78 is 6.70. The van der Waals surface area contributed by atoms with E-state index in [9.17, 15) is 9.59 Å². The van der Waals surface area contributed by atoms with Crippen LogP contribution in [0.3, 0.4) is 0 Å². The van der Waals surface area contributed by atoms with Gasteiger partial charge in [-0.3, -0.25) is 9.59 Å². The van der Waals surface area contributed by atoms with Gasteiger partial charge in [-0.05, 0) is 66.0 Å². The van der Waals surface area contributed by atoms with Crippen molar-refractivity contribution in [2.45, 2.75) is 46.3 Å². The van der Waals surface area contributed by atoms with E-state index in [4.69, 9.17) is 4.74 Å². The minimum Gasteiger partial charge on any atom is -0.483 e. The van der Waals surface area contributed by atoms with E-state index in [2.05, 4.69) is 21.2 Å². The predicted octanol–water partition coefficient (Wildman–Crippen LogP) is 5.23. The lowest BCUT2D eigenvalue weighted by atomic mass is 10.1. The van der Waals surface area contributed by atoms with Gasteiger partial charge in [0.05, 0.1) is 4.47 Å². The number of aryl methyl sites for hydroxylation is 1. The summed E-state index contributed by atoms with van der Waals surface area (Å²) >= 11 is 3.60. The summed E-state index contributed by atoms with van der Waals surface area (Å²) in [6.07, 6.45) is 0. The SMILES string of the molecule is Cc1cccc(CN(C(=O)COc2ccc3ccccc3c2Br)[C@H](C)C(=O)NC(C)C)c1. The third-order valence-corrected chi connectivity index (χ3v) is 6.03. The highest BCUT2D eigenvalue weighted by atomic mass is 79.9. The van der Waals surface area contributed by atoms with E-state index in [0.29, 0.717) is 12.3 Å². The van der Waals surface area contributed by atoms with Crippen molar-refractivity contribution in [3.8, 4) is 5.75 Å². The molecule has 0 saturated heterocycles. The number of halogens is 1. The maximum atomic E-state index is 13.2. The Labute approximate surface area is 197 Å². The van der Waals surface area contributed by atoms with Gasteiger partial charge in [0.1, 0.15) is 11.8 Å². The van der Waals surface area contributed by atoms with Gasteiger partial charge in [0.2, 0.25) is 5.91 Å². The minimum absolute atomic E-state index is 0.00863. The Morgan fingerprint density at radius 1 is 1.03 bits per heavy atom. The summed E-state index contributed by atoms with van der Waals surface area (Å²) in [4.78, 5) is 27.5. The second-order valence-corrected chi connectivity index (χ2v) is 9.03. The zero-order chi connectivity index (χ0) is 23.3. The highest BCUT2D eigenvalue weighted by Crippen LogP contribution is 2.33. The molecule has 0 aliphatic rings. The molecule has 0 bridgehead atoms. The Bertz CT molecular complexity index is 1110. The lowest BCUT2D eigenvalue weighted by Gasteiger charge is -2.29. The third kappa shape index (κ3) is 5.88. The molecule has 0 aliphatic carbocycles. The summed E-state index contributed by atoms with van der Waals surface area (Å²) in [6.45, 7) is 7.72. The van der Waals surface area contributed by atoms with Gasteiger partial charge in [0.15, 0.2) is 6.61 Å². The molecule has 0 unspecified atom stereocenters. The van der Waals surface area contributed by atoms with Crippen LogP contribution in [-0.2, 0) is 16.1 Å². The summed E-state index contributed by atoms with van der Waals surface area (Å²) in [7, 11) is 0. The molecule has 0 saturated carbocycles. The molecule has 0 spiro atoms. The smallest absolute Gasteiger partial charge is 0.261 e. The van der Waals surface area contributed by atoms with Crippen molar-refractivity contribution in [1.82, 2.24) is 10.2 Å². The van der Waals surface area contributed by atoms with Crippen LogP contribution in [0, 0.1) is 6.92 Å². The molecule has 3 rings (SSSR count). The highest BCUT2D eigenvalue weighted by molar-refractivity contribution is 9.10. The number of amides is 2. The van der Waals surface area contributed by atoms with Crippen LogP contribution in [0.5, 0.6) is 5.75 Å². The number of nitrogens with zero attached hydrogens (tertiary/aromatic N) is 1. The molecular weight excluding hydrogens is 468 g/mol. The number of hydrogen-bond donors (Lipinski definition) is 1. The number of carbonyl (C=O) groups excluding carboxylic acids is 2. The van der Waals surface area contributed by atoms with Gasteiger partial charge in [0.25, 0.3) is 5.91 Å². The molecule has 2 amide bonds. The first-order chi connectivity index (χ1) is 15.3. The Balaban J connectivity index is 1.79. The van der Waals surface area contributed by atoms with Crippen molar-refractivity contribution < 1.29 is 14.3 Å². The Hall–Kier alpha value is -2.86. The monoisotopic (exact) mass is 496 g/mol. The molecule has 0 heterocycles. The first-order valence-electron chi connectivity index (χ1n) is 10.7. The molecule has 0 radical (unpaired) electrons. The van der Waals surface area contributed by atoms with Crippen LogP contribution >= 0.6 is 15.9 Å². The fourth-order valence-electron chi connectivity index (χ4n) is 3.54. The van der Waals surface area contributed by atoms with Gasteiger partial charge in [-0.1, -0.05) is 60.2 Å². The van der Waals surface area contributed by atoms with E-state index in [-0.39, 0.29) is 24.5 Å². The molecule has 1 atom stereocenters. The number of nitrogens with one attached hydrogen (secondary N) is 1. The standard InChI is InChI=1S/C26H29BrN2O3/c1-17(2)28-26(31)19(4)29(15-20-9-7-8-18(3)14-20)24(30)16-32-23-13-12-21-10-5-6-11-22(21)25(23)27/h5-14,17,19H,15-16H2,1-4H3,(H,28,31)/t19-/m1/s1. The number of hydrogen-bond acceptors (Lipinski definition) is 3. The molecule has 0 aliphatic heterocycles. The lowest BCUT2D eigenvalue weighted by molar-refractivity contribution is -0.142. The molecular formula is C26H29BrN2O3. The van der Waals surface area contributed by atoms with Crippen LogP contribution in [0.15, 0.2) is 65.1 Å². The number of rotatable bonds is 8. The largest absolute Gasteiger partial charge is 0.483 e. The molecule has 5 nitrogen and oxygen atoms in total. The maximum absolute atomic E-state index is 13.2. The second kappa shape index (κ2) is 10.6. The van der Waals surface area contributed by atoms with Crippen molar-refractivity contribution in [1.29, 1.82) is 0 Å². The van der Waals surface area contributed by atoms with Crippen LogP contribution in [0.25, 0.3) is 10.8 Å². The van der Waals surface area contributed by atoms with E-state index >= 15 is 0 Å². The van der Waals surface area contributed by atoms with Gasteiger partial charge < -0.3 is 15.0 Å². The molecule has 3 aromatic rings. The van der Waals surface area contributed by atoms with Crippen molar-refractivity contribution in [3.05, 3.63) is 76.3 Å². The second-order valence-electron chi connectivity index (χ2n) is 8.24. The predicted molar refractivity (Wildman–Crippen MR) is 132 cm³/mol. The minimum atomic E-state index is -0.631. The van der Waals surface area contributed by atoms with E-state index in [0.717, 1.165) is 26.4 Å². The average molecular weight is 497 g/mol. The van der Waals surface area contributed by atoms with Crippen molar-refractivity contribution in [2.24, 2.45) is 0 Å². The fraction of sp³-hybridized carbons (Fsp3) is 0.308. The Kier molecular flexibility index (Phi) is 7.91. The van der Waals surface area contributed by atoms with Crippen LogP contribution in [0.2, 0.25) is 0 Å². The zero-order valence-electron chi connectivity index (χ0n) is 18.9. The molecule has 6 heteroatoms. The van der Waals surface area contributed by atoms with Gasteiger partial charge in [-0.2, -0.15) is 0 Å². The number of carbonyl (C=O) groups is 2. The summed E-state index contributed by atoms with van der Waals surface area (Å²) in [5, 5.41) is 4.99. The van der Waals surface area contributed by atoms with E-state index in [1.807, 2.05) is 81.4 Å². The highest BCUT2D eigenvalue weighted by Gasteiger charge is 2.27. The van der Waals surface area contributed by atoms with Crippen LogP contribution in [0.1, 0.15) is 31.9 Å². The summed E-state index contributed by atoms with van der Waals surface area (Å²) in [5.41, 5.74) is 2.07. The van der Waals surface area contributed by atoms with Crippen LogP contribution in [-0.4, -0.2) is 35.4 Å². The number of fused-ring (bicyclic) bond motifs is 1. The zero-order valence-corrected chi connectivity index (χ0v) is 20.5. The average Bonchev–Trinajstić information content (AvgIpc) is 2.76. The fourth-order valence-corrected chi connectivity index (χ4v) is 4.15. The van der Waals surface area contributed by atoms with Crippen LogP contribution in [0.4, 0.5) is 0 Å². The van der Waals surface area contributed by atoms with E-state index in [1.54, 1.807) is 11.8 Å². The third-order valence-electron chi connectivity index (χ3n) is 5.21. The Morgan fingerprint density at radius 2 is 1.78 bits per heavy atom. The number of ether oxygens (including phenoxy) is 1. The van der Waals surface area contributed by atoms with Gasteiger partial charge in [-0.25, -0.2) is 0 Å². The van der Waals surface area contributed by atoms with Gasteiger partial charge in [-0.15, -0.1) is 0 Å². The first-order valence-corrected chi connectivity index (χ1v) is 11.5. The van der Waals surface area contributed by atoms with E-state index in [1.165, 1.54) is 0 Å². The van der Waals surface area contributed by atoms with Gasteiger partial charge in [0, 0.05) is 12.6 Å².